The van der Waals surface area contributed by atoms with Gasteiger partial charge in [-0.05, 0) is 37.0 Å². The van der Waals surface area contributed by atoms with Gasteiger partial charge in [0.1, 0.15) is 6.54 Å². The predicted molar refractivity (Wildman–Crippen MR) is 93.7 cm³/mol. The van der Waals surface area contributed by atoms with Crippen molar-refractivity contribution < 1.29 is 13.2 Å². The van der Waals surface area contributed by atoms with Crippen LogP contribution in [0.5, 0.6) is 0 Å². The fourth-order valence-electron chi connectivity index (χ4n) is 1.98. The number of hydrogen-bond donors (Lipinski definition) is 1. The fourth-order valence-corrected chi connectivity index (χ4v) is 3.10. The van der Waals surface area contributed by atoms with E-state index in [2.05, 4.69) is 5.32 Å². The molecule has 23 heavy (non-hydrogen) atoms. The van der Waals surface area contributed by atoms with E-state index in [0.29, 0.717) is 18.2 Å². The lowest BCUT2D eigenvalue weighted by atomic mass is 10.1. The molecule has 0 heterocycles. The van der Waals surface area contributed by atoms with Crippen molar-refractivity contribution >= 4 is 21.8 Å². The summed E-state index contributed by atoms with van der Waals surface area (Å²) >= 11 is 0. The Kier molecular flexibility index (Phi) is 6.58. The van der Waals surface area contributed by atoms with E-state index >= 15 is 0 Å². The van der Waals surface area contributed by atoms with Crippen LogP contribution in [0.15, 0.2) is 18.2 Å². The van der Waals surface area contributed by atoms with E-state index in [1.54, 1.807) is 6.07 Å². The molecule has 0 atom stereocenters. The summed E-state index contributed by atoms with van der Waals surface area (Å²) in [6.45, 7) is 7.97. The van der Waals surface area contributed by atoms with Crippen LogP contribution >= 0.6 is 0 Å². The van der Waals surface area contributed by atoms with Gasteiger partial charge >= 0.3 is 10.2 Å². The van der Waals surface area contributed by atoms with E-state index in [-0.39, 0.29) is 12.5 Å². The lowest BCUT2D eigenvalue weighted by molar-refractivity contribution is -0.119. The Labute approximate surface area is 139 Å². The van der Waals surface area contributed by atoms with Crippen LogP contribution in [0.1, 0.15) is 25.0 Å². The van der Waals surface area contributed by atoms with Gasteiger partial charge in [-0.25, -0.2) is 4.31 Å². The van der Waals surface area contributed by atoms with E-state index in [1.807, 2.05) is 39.8 Å². The SMILES string of the molecule is Cc1ccc(C)c(N(CC(=O)NCC(C)C)S(=O)(=O)N(C)C)c1. The maximum absolute atomic E-state index is 12.6. The molecule has 6 nitrogen and oxygen atoms in total. The van der Waals surface area contributed by atoms with E-state index in [0.717, 1.165) is 19.7 Å². The zero-order chi connectivity index (χ0) is 17.8. The van der Waals surface area contributed by atoms with Gasteiger partial charge in [0, 0.05) is 20.6 Å². The molecule has 0 fully saturated rings. The molecule has 1 N–H and O–H groups in total. The van der Waals surface area contributed by atoms with Crippen LogP contribution in [-0.4, -0.2) is 45.8 Å². The Morgan fingerprint density at radius 1 is 1.22 bits per heavy atom. The van der Waals surface area contributed by atoms with Crippen molar-refractivity contribution in [3.63, 3.8) is 0 Å². The molecule has 1 rings (SSSR count). The quantitative estimate of drug-likeness (QED) is 0.820. The molecule has 0 radical (unpaired) electrons. The number of aryl methyl sites for hydroxylation is 2. The normalized spacial score (nSPS) is 11.8. The van der Waals surface area contributed by atoms with Crippen LogP contribution in [-0.2, 0) is 15.0 Å². The Bertz CT molecular complexity index is 655. The number of benzene rings is 1. The molecule has 0 spiro atoms. The number of nitrogens with one attached hydrogen (secondary N) is 1. The van der Waals surface area contributed by atoms with E-state index in [4.69, 9.17) is 0 Å². The zero-order valence-corrected chi connectivity index (χ0v) is 15.6. The second-order valence-electron chi connectivity index (χ2n) is 6.28. The second-order valence-corrected chi connectivity index (χ2v) is 8.35. The van der Waals surface area contributed by atoms with Crippen LogP contribution in [0.3, 0.4) is 0 Å². The first-order chi connectivity index (χ1) is 10.6. The Balaban J connectivity index is 3.18. The largest absolute Gasteiger partial charge is 0.354 e. The maximum Gasteiger partial charge on any atom is 0.304 e. The monoisotopic (exact) mass is 341 g/mol. The molecule has 130 valence electrons. The molecule has 1 aromatic carbocycles. The summed E-state index contributed by atoms with van der Waals surface area (Å²) in [6, 6.07) is 5.55. The van der Waals surface area contributed by atoms with Crippen LogP contribution in [0.2, 0.25) is 0 Å². The van der Waals surface area contributed by atoms with Crippen LogP contribution < -0.4 is 9.62 Å². The Hall–Kier alpha value is -1.60. The molecule has 7 heteroatoms. The summed E-state index contributed by atoms with van der Waals surface area (Å²) < 4.78 is 27.6. The molecule has 0 bridgehead atoms. The molecule has 0 aromatic heterocycles. The third-order valence-electron chi connectivity index (χ3n) is 3.37. The minimum absolute atomic E-state index is 0.239. The van der Waals surface area contributed by atoms with Crippen LogP contribution in [0, 0.1) is 19.8 Å². The summed E-state index contributed by atoms with van der Waals surface area (Å²) in [7, 11) is -0.843. The van der Waals surface area contributed by atoms with Crippen molar-refractivity contribution in [1.29, 1.82) is 0 Å². The highest BCUT2D eigenvalue weighted by molar-refractivity contribution is 7.90. The molecule has 0 aliphatic rings. The molecule has 0 aliphatic carbocycles. The summed E-state index contributed by atoms with van der Waals surface area (Å²) in [5, 5.41) is 2.76. The molecular weight excluding hydrogens is 314 g/mol. The highest BCUT2D eigenvalue weighted by Gasteiger charge is 2.28. The molecule has 0 saturated heterocycles. The zero-order valence-electron chi connectivity index (χ0n) is 14.8. The van der Waals surface area contributed by atoms with Gasteiger partial charge in [0.2, 0.25) is 5.91 Å². The number of amides is 1. The van der Waals surface area contributed by atoms with Gasteiger partial charge in [-0.15, -0.1) is 0 Å². The van der Waals surface area contributed by atoms with Gasteiger partial charge in [0.25, 0.3) is 0 Å². The number of hydrogen-bond acceptors (Lipinski definition) is 3. The van der Waals surface area contributed by atoms with E-state index in [9.17, 15) is 13.2 Å². The predicted octanol–water partition coefficient (Wildman–Crippen LogP) is 1.69. The minimum Gasteiger partial charge on any atom is -0.354 e. The van der Waals surface area contributed by atoms with Gasteiger partial charge in [-0.2, -0.15) is 12.7 Å². The standard InChI is InChI=1S/C16H27N3O3S/c1-12(2)10-17-16(20)11-19(23(21,22)18(5)6)15-9-13(3)7-8-14(15)4/h7-9,12H,10-11H2,1-6H3,(H,17,20). The molecule has 0 aliphatic heterocycles. The van der Waals surface area contributed by atoms with Crippen molar-refractivity contribution in [2.24, 2.45) is 5.92 Å². The highest BCUT2D eigenvalue weighted by atomic mass is 32.2. The average molecular weight is 341 g/mol. The second kappa shape index (κ2) is 7.79. The maximum atomic E-state index is 12.6. The summed E-state index contributed by atoms with van der Waals surface area (Å²) in [5.41, 5.74) is 2.27. The highest BCUT2D eigenvalue weighted by Crippen LogP contribution is 2.25. The van der Waals surface area contributed by atoms with Gasteiger partial charge in [-0.3, -0.25) is 4.79 Å². The number of rotatable bonds is 7. The van der Waals surface area contributed by atoms with E-state index < -0.39 is 10.2 Å². The smallest absolute Gasteiger partial charge is 0.304 e. The Morgan fingerprint density at radius 3 is 2.35 bits per heavy atom. The van der Waals surface area contributed by atoms with Gasteiger partial charge in [0.05, 0.1) is 5.69 Å². The van der Waals surface area contributed by atoms with Gasteiger partial charge < -0.3 is 5.32 Å². The van der Waals surface area contributed by atoms with Crippen LogP contribution in [0.25, 0.3) is 0 Å². The number of carbonyl (C=O) groups is 1. The Morgan fingerprint density at radius 2 is 1.83 bits per heavy atom. The van der Waals surface area contributed by atoms with Crippen molar-refractivity contribution in [3.05, 3.63) is 29.3 Å². The number of carbonyl (C=O) groups excluding carboxylic acids is 1. The summed E-state index contributed by atoms with van der Waals surface area (Å²) in [6.07, 6.45) is 0. The lowest BCUT2D eigenvalue weighted by Gasteiger charge is -2.28. The minimum atomic E-state index is -3.76. The first-order valence-corrected chi connectivity index (χ1v) is 8.99. The van der Waals surface area contributed by atoms with Crippen molar-refractivity contribution in [1.82, 2.24) is 9.62 Å². The number of anilines is 1. The van der Waals surface area contributed by atoms with Gasteiger partial charge in [-0.1, -0.05) is 26.0 Å². The van der Waals surface area contributed by atoms with E-state index in [1.165, 1.54) is 14.1 Å². The summed E-state index contributed by atoms with van der Waals surface area (Å²) in [5.74, 6) is -0.0106. The van der Waals surface area contributed by atoms with Crippen molar-refractivity contribution in [3.8, 4) is 0 Å². The first kappa shape index (κ1) is 19.4. The topological polar surface area (TPSA) is 69.7 Å². The molecule has 1 amide bonds. The fraction of sp³-hybridized carbons (Fsp3) is 0.562. The molecule has 0 saturated carbocycles. The van der Waals surface area contributed by atoms with Crippen molar-refractivity contribution in [2.45, 2.75) is 27.7 Å². The van der Waals surface area contributed by atoms with Gasteiger partial charge in [0.15, 0.2) is 0 Å². The average Bonchev–Trinajstić information content (AvgIpc) is 2.45. The summed E-state index contributed by atoms with van der Waals surface area (Å²) in [4.78, 5) is 12.2. The van der Waals surface area contributed by atoms with Crippen LogP contribution in [0.4, 0.5) is 5.69 Å². The van der Waals surface area contributed by atoms with Crippen molar-refractivity contribution in [2.75, 3.05) is 31.5 Å². The third-order valence-corrected chi connectivity index (χ3v) is 5.17. The third kappa shape index (κ3) is 5.21. The molecule has 0 unspecified atom stereocenters. The lowest BCUT2D eigenvalue weighted by Crippen LogP contribution is -2.46. The molecular formula is C16H27N3O3S. The first-order valence-electron chi connectivity index (χ1n) is 7.59. The number of nitrogens with zero attached hydrogens (tertiary/aromatic N) is 2. The molecule has 1 aromatic rings.